The number of benzene rings is 2. The zero-order valence-corrected chi connectivity index (χ0v) is 22.6. The Kier molecular flexibility index (Phi) is 9.07. The fourth-order valence-electron chi connectivity index (χ4n) is 4.88. The van der Waals surface area contributed by atoms with Crippen LogP contribution in [0.25, 0.3) is 6.08 Å². The zero-order valence-electron chi connectivity index (χ0n) is 22.6. The van der Waals surface area contributed by atoms with Gasteiger partial charge in [-0.1, -0.05) is 24.3 Å². The SMILES string of the molecule is Cc1cc(Nc2cccc(CN(C(=O)C=Cc3ccc(C(F)(F)F)cc3)C3CCN(C(C)C)CC3)c2)ccn1. The highest BCUT2D eigenvalue weighted by Crippen LogP contribution is 2.29. The second kappa shape index (κ2) is 12.5. The maximum absolute atomic E-state index is 13.5. The van der Waals surface area contributed by atoms with Crippen LogP contribution < -0.4 is 5.32 Å². The monoisotopic (exact) mass is 536 g/mol. The standard InChI is InChI=1S/C31H35F3N4O/c1-22(2)37-17-14-29(15-18-37)38(30(39)12-9-24-7-10-26(11-8-24)31(32,33)34)21-25-5-4-6-27(20-25)36-28-13-16-35-23(3)19-28/h4-13,16,19-20,22,29H,14-15,17-18,21H2,1-3H3,(H,35,36). The van der Waals surface area contributed by atoms with Gasteiger partial charge in [-0.05, 0) is 87.2 Å². The molecule has 0 aliphatic carbocycles. The molecule has 1 aromatic heterocycles. The number of alkyl halides is 3. The lowest BCUT2D eigenvalue weighted by molar-refractivity contribution is -0.137. The van der Waals surface area contributed by atoms with Crippen LogP contribution in [-0.2, 0) is 17.5 Å². The molecule has 2 heterocycles. The summed E-state index contributed by atoms with van der Waals surface area (Å²) in [5.41, 5.74) is 3.60. The van der Waals surface area contributed by atoms with E-state index in [1.807, 2.05) is 48.2 Å². The number of halogens is 3. The Morgan fingerprint density at radius 3 is 2.41 bits per heavy atom. The van der Waals surface area contributed by atoms with Gasteiger partial charge in [-0.25, -0.2) is 0 Å². The second-order valence-corrected chi connectivity index (χ2v) is 10.3. The van der Waals surface area contributed by atoms with E-state index in [0.29, 0.717) is 18.2 Å². The molecule has 0 bridgehead atoms. The summed E-state index contributed by atoms with van der Waals surface area (Å²) < 4.78 is 38.7. The molecule has 0 radical (unpaired) electrons. The van der Waals surface area contributed by atoms with Crippen molar-refractivity contribution in [3.05, 3.63) is 95.3 Å². The first-order valence-electron chi connectivity index (χ1n) is 13.3. The van der Waals surface area contributed by atoms with Gasteiger partial charge in [0.15, 0.2) is 0 Å². The molecule has 0 unspecified atom stereocenters. The van der Waals surface area contributed by atoms with Gasteiger partial charge in [-0.15, -0.1) is 0 Å². The number of nitrogens with zero attached hydrogens (tertiary/aromatic N) is 3. The van der Waals surface area contributed by atoms with E-state index in [-0.39, 0.29) is 11.9 Å². The van der Waals surface area contributed by atoms with Gasteiger partial charge in [0, 0.05) is 61.1 Å². The van der Waals surface area contributed by atoms with E-state index in [4.69, 9.17) is 0 Å². The largest absolute Gasteiger partial charge is 0.416 e. The molecule has 8 heteroatoms. The Balaban J connectivity index is 1.52. The van der Waals surface area contributed by atoms with Crippen LogP contribution in [0.2, 0.25) is 0 Å². The van der Waals surface area contributed by atoms with Crippen LogP contribution in [0.1, 0.15) is 49.1 Å². The summed E-state index contributed by atoms with van der Waals surface area (Å²) in [5.74, 6) is -0.152. The van der Waals surface area contributed by atoms with Crippen LogP contribution in [0.3, 0.4) is 0 Å². The molecule has 1 amide bonds. The maximum atomic E-state index is 13.5. The first kappa shape index (κ1) is 28.4. The molecular weight excluding hydrogens is 501 g/mol. The van der Waals surface area contributed by atoms with Crippen LogP contribution in [0.5, 0.6) is 0 Å². The van der Waals surface area contributed by atoms with Crippen LogP contribution in [0.4, 0.5) is 24.5 Å². The Morgan fingerprint density at radius 1 is 1.08 bits per heavy atom. The third-order valence-electron chi connectivity index (χ3n) is 7.07. The molecule has 3 aromatic rings. The Bertz CT molecular complexity index is 1280. The van der Waals surface area contributed by atoms with E-state index in [1.165, 1.54) is 18.2 Å². The summed E-state index contributed by atoms with van der Waals surface area (Å²) >= 11 is 0. The highest BCUT2D eigenvalue weighted by atomic mass is 19.4. The average molecular weight is 537 g/mol. The number of rotatable bonds is 8. The summed E-state index contributed by atoms with van der Waals surface area (Å²) in [6.07, 6.45) is 2.16. The lowest BCUT2D eigenvalue weighted by Crippen LogP contribution is -2.48. The number of amides is 1. The molecule has 4 rings (SSSR count). The van der Waals surface area contributed by atoms with Gasteiger partial charge in [-0.2, -0.15) is 13.2 Å². The molecule has 1 aliphatic rings. The average Bonchev–Trinajstić information content (AvgIpc) is 2.90. The van der Waals surface area contributed by atoms with E-state index in [9.17, 15) is 18.0 Å². The van der Waals surface area contributed by atoms with Crippen molar-refractivity contribution in [1.29, 1.82) is 0 Å². The van der Waals surface area contributed by atoms with Crippen LogP contribution in [-0.4, -0.2) is 45.9 Å². The molecule has 1 N–H and O–H groups in total. The molecular formula is C31H35F3N4O. The predicted octanol–water partition coefficient (Wildman–Crippen LogP) is 7.07. The van der Waals surface area contributed by atoms with Crippen molar-refractivity contribution in [2.75, 3.05) is 18.4 Å². The molecule has 1 fully saturated rings. The van der Waals surface area contributed by atoms with Gasteiger partial charge < -0.3 is 15.1 Å². The van der Waals surface area contributed by atoms with Crippen molar-refractivity contribution in [3.63, 3.8) is 0 Å². The van der Waals surface area contributed by atoms with Crippen LogP contribution in [0, 0.1) is 6.92 Å². The van der Waals surface area contributed by atoms with E-state index in [1.54, 1.807) is 12.3 Å². The summed E-state index contributed by atoms with van der Waals surface area (Å²) in [6.45, 7) is 8.56. The third kappa shape index (κ3) is 7.93. The minimum atomic E-state index is -4.39. The quantitative estimate of drug-likeness (QED) is 0.313. The van der Waals surface area contributed by atoms with Gasteiger partial charge in [0.25, 0.3) is 0 Å². The Labute approximate surface area is 228 Å². The van der Waals surface area contributed by atoms with Gasteiger partial charge >= 0.3 is 6.18 Å². The Hall–Kier alpha value is -3.65. The molecule has 206 valence electrons. The molecule has 1 aliphatic heterocycles. The molecule has 0 atom stereocenters. The summed E-state index contributed by atoms with van der Waals surface area (Å²) in [4.78, 5) is 22.0. The summed E-state index contributed by atoms with van der Waals surface area (Å²) in [6, 6.07) is 17.2. The number of pyridine rings is 1. The number of likely N-dealkylation sites (tertiary alicyclic amines) is 1. The number of hydrogen-bond donors (Lipinski definition) is 1. The van der Waals surface area contributed by atoms with Crippen molar-refractivity contribution in [1.82, 2.24) is 14.8 Å². The third-order valence-corrected chi connectivity index (χ3v) is 7.07. The van der Waals surface area contributed by atoms with E-state index in [2.05, 4.69) is 29.0 Å². The number of hydrogen-bond acceptors (Lipinski definition) is 4. The molecule has 2 aromatic carbocycles. The number of carbonyl (C=O) groups is 1. The highest BCUT2D eigenvalue weighted by Gasteiger charge is 2.30. The molecule has 5 nitrogen and oxygen atoms in total. The lowest BCUT2D eigenvalue weighted by atomic mass is 10.0. The predicted molar refractivity (Wildman–Crippen MR) is 149 cm³/mol. The van der Waals surface area contributed by atoms with Crippen molar-refractivity contribution in [3.8, 4) is 0 Å². The van der Waals surface area contributed by atoms with Crippen LogP contribution in [0.15, 0.2) is 72.9 Å². The van der Waals surface area contributed by atoms with Crippen molar-refractivity contribution < 1.29 is 18.0 Å². The van der Waals surface area contributed by atoms with Gasteiger partial charge in [0.05, 0.1) is 5.56 Å². The van der Waals surface area contributed by atoms with Crippen molar-refractivity contribution >= 4 is 23.4 Å². The Morgan fingerprint density at radius 2 is 1.77 bits per heavy atom. The van der Waals surface area contributed by atoms with E-state index < -0.39 is 11.7 Å². The first-order chi connectivity index (χ1) is 18.6. The fraction of sp³-hybridized carbons (Fsp3) is 0.355. The van der Waals surface area contributed by atoms with Crippen molar-refractivity contribution in [2.45, 2.75) is 58.4 Å². The summed E-state index contributed by atoms with van der Waals surface area (Å²) in [5, 5.41) is 3.40. The van der Waals surface area contributed by atoms with Gasteiger partial charge in [-0.3, -0.25) is 9.78 Å². The lowest BCUT2D eigenvalue weighted by Gasteiger charge is -2.39. The number of aromatic nitrogens is 1. The van der Waals surface area contributed by atoms with E-state index >= 15 is 0 Å². The minimum absolute atomic E-state index is 0.0734. The number of anilines is 2. The summed E-state index contributed by atoms with van der Waals surface area (Å²) in [7, 11) is 0. The second-order valence-electron chi connectivity index (χ2n) is 10.3. The van der Waals surface area contributed by atoms with Crippen LogP contribution >= 0.6 is 0 Å². The maximum Gasteiger partial charge on any atom is 0.416 e. The minimum Gasteiger partial charge on any atom is -0.355 e. The topological polar surface area (TPSA) is 48.5 Å². The number of nitrogens with one attached hydrogen (secondary N) is 1. The fourth-order valence-corrected chi connectivity index (χ4v) is 4.88. The number of carbonyl (C=O) groups excluding carboxylic acids is 1. The molecule has 1 saturated heterocycles. The first-order valence-corrected chi connectivity index (χ1v) is 13.3. The smallest absolute Gasteiger partial charge is 0.355 e. The van der Waals surface area contributed by atoms with Gasteiger partial charge in [0.1, 0.15) is 0 Å². The number of piperidine rings is 1. The molecule has 0 saturated carbocycles. The molecule has 0 spiro atoms. The van der Waals surface area contributed by atoms with Crippen molar-refractivity contribution in [2.24, 2.45) is 0 Å². The van der Waals surface area contributed by atoms with E-state index in [0.717, 1.165) is 60.7 Å². The van der Waals surface area contributed by atoms with Gasteiger partial charge in [0.2, 0.25) is 5.91 Å². The zero-order chi connectivity index (χ0) is 28.0. The molecule has 39 heavy (non-hydrogen) atoms. The highest BCUT2D eigenvalue weighted by molar-refractivity contribution is 5.92. The number of aryl methyl sites for hydroxylation is 1. The normalized spacial score (nSPS) is 15.2.